The van der Waals surface area contributed by atoms with Gasteiger partial charge in [0.1, 0.15) is 0 Å². The molecule has 0 aliphatic heterocycles. The van der Waals surface area contributed by atoms with Crippen molar-refractivity contribution in [2.45, 2.75) is 34.1 Å². The van der Waals surface area contributed by atoms with Crippen molar-refractivity contribution in [3.63, 3.8) is 0 Å². The maximum absolute atomic E-state index is 2.32. The van der Waals surface area contributed by atoms with Gasteiger partial charge in [-0.3, -0.25) is 0 Å². The molecule has 0 aromatic heterocycles. The van der Waals surface area contributed by atoms with E-state index in [0.29, 0.717) is 5.41 Å². The highest BCUT2D eigenvalue weighted by molar-refractivity contribution is 5.20. The molecule has 0 N–H and O–H groups in total. The smallest absolute Gasteiger partial charge is 0.0139 e. The van der Waals surface area contributed by atoms with E-state index < -0.39 is 0 Å². The monoisotopic (exact) mass is 150 g/mol. The molecule has 0 aromatic rings. The van der Waals surface area contributed by atoms with E-state index in [1.54, 1.807) is 0 Å². The molecule has 0 amide bonds. The third-order valence-corrected chi connectivity index (χ3v) is 2.69. The number of rotatable bonds is 0. The molecule has 1 unspecified atom stereocenters. The molecule has 11 heavy (non-hydrogen) atoms. The van der Waals surface area contributed by atoms with Crippen molar-refractivity contribution >= 4 is 0 Å². The van der Waals surface area contributed by atoms with Gasteiger partial charge < -0.3 is 0 Å². The van der Waals surface area contributed by atoms with Crippen molar-refractivity contribution in [2.24, 2.45) is 11.3 Å². The zero-order valence-corrected chi connectivity index (χ0v) is 8.02. The van der Waals surface area contributed by atoms with Crippen LogP contribution < -0.4 is 0 Å². The Balaban J connectivity index is 2.84. The highest BCUT2D eigenvalue weighted by Crippen LogP contribution is 2.35. The number of allylic oxidation sites excluding steroid dienone is 4. The molecule has 0 heterocycles. The van der Waals surface area contributed by atoms with Crippen molar-refractivity contribution in [1.29, 1.82) is 0 Å². The Hall–Kier alpha value is -0.520. The van der Waals surface area contributed by atoms with Crippen LogP contribution in [0, 0.1) is 11.3 Å². The first-order valence-corrected chi connectivity index (χ1v) is 4.38. The Morgan fingerprint density at radius 1 is 1.45 bits per heavy atom. The summed E-state index contributed by atoms with van der Waals surface area (Å²) < 4.78 is 0. The molecule has 1 aliphatic rings. The molecule has 0 bridgehead atoms. The largest absolute Gasteiger partial charge is 0.0817 e. The normalized spacial score (nSPS) is 29.5. The summed E-state index contributed by atoms with van der Waals surface area (Å²) in [6, 6.07) is 0. The first-order valence-electron chi connectivity index (χ1n) is 4.38. The average molecular weight is 150 g/mol. The van der Waals surface area contributed by atoms with Crippen molar-refractivity contribution in [3.05, 3.63) is 23.8 Å². The van der Waals surface area contributed by atoms with Gasteiger partial charge in [-0.05, 0) is 24.7 Å². The van der Waals surface area contributed by atoms with Gasteiger partial charge in [0, 0.05) is 0 Å². The summed E-state index contributed by atoms with van der Waals surface area (Å²) in [7, 11) is 0. The van der Waals surface area contributed by atoms with E-state index in [-0.39, 0.29) is 0 Å². The van der Waals surface area contributed by atoms with E-state index in [4.69, 9.17) is 0 Å². The summed E-state index contributed by atoms with van der Waals surface area (Å²) in [5.74, 6) is 0.721. The molecular weight excluding hydrogens is 132 g/mol. The van der Waals surface area contributed by atoms with Crippen molar-refractivity contribution in [2.75, 3.05) is 0 Å². The third kappa shape index (κ3) is 1.95. The lowest BCUT2D eigenvalue weighted by Crippen LogP contribution is -2.14. The third-order valence-electron chi connectivity index (χ3n) is 2.69. The summed E-state index contributed by atoms with van der Waals surface area (Å²) in [6.45, 7) is 9.15. The minimum absolute atomic E-state index is 0.392. The molecule has 0 heteroatoms. The summed E-state index contributed by atoms with van der Waals surface area (Å²) in [5, 5.41) is 0. The van der Waals surface area contributed by atoms with Crippen LogP contribution in [0.1, 0.15) is 34.1 Å². The fraction of sp³-hybridized carbons (Fsp3) is 0.636. The van der Waals surface area contributed by atoms with E-state index in [2.05, 4.69) is 45.9 Å². The first-order chi connectivity index (χ1) is 5.02. The molecule has 1 aliphatic carbocycles. The summed E-state index contributed by atoms with van der Waals surface area (Å²) in [6.07, 6.45) is 7.99. The van der Waals surface area contributed by atoms with Gasteiger partial charge in [-0.2, -0.15) is 0 Å². The number of hydrogen-bond acceptors (Lipinski definition) is 0. The Bertz CT molecular complexity index is 194. The molecule has 0 saturated heterocycles. The lowest BCUT2D eigenvalue weighted by molar-refractivity contribution is 0.366. The van der Waals surface area contributed by atoms with E-state index in [1.807, 2.05) is 0 Å². The SMILES string of the molecule is CC1=CC=CC(C)CC1(C)C. The molecule has 62 valence electrons. The van der Waals surface area contributed by atoms with Crippen LogP contribution in [0.2, 0.25) is 0 Å². The fourth-order valence-corrected chi connectivity index (χ4v) is 1.65. The maximum atomic E-state index is 2.32. The molecule has 0 nitrogen and oxygen atoms in total. The van der Waals surface area contributed by atoms with E-state index >= 15 is 0 Å². The van der Waals surface area contributed by atoms with Gasteiger partial charge in [0.05, 0.1) is 0 Å². The predicted octanol–water partition coefficient (Wildman–Crippen LogP) is 3.55. The van der Waals surface area contributed by atoms with Gasteiger partial charge in [-0.15, -0.1) is 0 Å². The summed E-state index contributed by atoms with van der Waals surface area (Å²) in [4.78, 5) is 0. The fourth-order valence-electron chi connectivity index (χ4n) is 1.65. The lowest BCUT2D eigenvalue weighted by Gasteiger charge is -2.26. The zero-order chi connectivity index (χ0) is 8.48. The second-order valence-electron chi connectivity index (χ2n) is 4.30. The molecule has 1 atom stereocenters. The van der Waals surface area contributed by atoms with Crippen LogP contribution >= 0.6 is 0 Å². The lowest BCUT2D eigenvalue weighted by atomic mass is 9.79. The van der Waals surface area contributed by atoms with Gasteiger partial charge in [0.15, 0.2) is 0 Å². The van der Waals surface area contributed by atoms with Gasteiger partial charge in [-0.25, -0.2) is 0 Å². The molecule has 0 saturated carbocycles. The first kappa shape index (κ1) is 8.58. The van der Waals surface area contributed by atoms with Crippen molar-refractivity contribution < 1.29 is 0 Å². The van der Waals surface area contributed by atoms with Crippen LogP contribution in [0.15, 0.2) is 23.8 Å². The Kier molecular flexibility index (Phi) is 2.22. The van der Waals surface area contributed by atoms with Gasteiger partial charge >= 0.3 is 0 Å². The molecule has 0 aromatic carbocycles. The number of hydrogen-bond donors (Lipinski definition) is 0. The Labute approximate surface area is 70.0 Å². The van der Waals surface area contributed by atoms with Crippen LogP contribution in [0.5, 0.6) is 0 Å². The molecule has 0 radical (unpaired) electrons. The quantitative estimate of drug-likeness (QED) is 0.495. The van der Waals surface area contributed by atoms with Gasteiger partial charge in [-0.1, -0.05) is 44.6 Å². The topological polar surface area (TPSA) is 0 Å². The Morgan fingerprint density at radius 3 is 2.73 bits per heavy atom. The van der Waals surface area contributed by atoms with Crippen molar-refractivity contribution in [3.8, 4) is 0 Å². The standard InChI is InChI=1S/C11H18/c1-9-6-5-7-10(2)11(3,4)8-9/h5-7,9H,8H2,1-4H3. The molecule has 0 fully saturated rings. The molecule has 0 spiro atoms. The highest BCUT2D eigenvalue weighted by atomic mass is 14.3. The minimum Gasteiger partial charge on any atom is -0.0817 e. The second kappa shape index (κ2) is 2.84. The predicted molar refractivity (Wildman–Crippen MR) is 50.5 cm³/mol. The molecular formula is C11H18. The van der Waals surface area contributed by atoms with Crippen LogP contribution in [-0.4, -0.2) is 0 Å². The zero-order valence-electron chi connectivity index (χ0n) is 8.02. The summed E-state index contributed by atoms with van der Waals surface area (Å²) in [5.41, 5.74) is 1.89. The minimum atomic E-state index is 0.392. The highest BCUT2D eigenvalue weighted by Gasteiger charge is 2.22. The van der Waals surface area contributed by atoms with E-state index in [1.165, 1.54) is 12.0 Å². The average Bonchev–Trinajstić information content (AvgIpc) is 1.93. The maximum Gasteiger partial charge on any atom is -0.0139 e. The van der Waals surface area contributed by atoms with Gasteiger partial charge in [0.25, 0.3) is 0 Å². The van der Waals surface area contributed by atoms with Crippen LogP contribution in [-0.2, 0) is 0 Å². The van der Waals surface area contributed by atoms with Crippen LogP contribution in [0.3, 0.4) is 0 Å². The van der Waals surface area contributed by atoms with E-state index in [0.717, 1.165) is 5.92 Å². The summed E-state index contributed by atoms with van der Waals surface area (Å²) >= 11 is 0. The van der Waals surface area contributed by atoms with Gasteiger partial charge in [0.2, 0.25) is 0 Å². The molecule has 1 rings (SSSR count). The van der Waals surface area contributed by atoms with E-state index in [9.17, 15) is 0 Å². The Morgan fingerprint density at radius 2 is 2.09 bits per heavy atom. The second-order valence-corrected chi connectivity index (χ2v) is 4.30. The van der Waals surface area contributed by atoms with Crippen LogP contribution in [0.25, 0.3) is 0 Å². The van der Waals surface area contributed by atoms with Crippen molar-refractivity contribution in [1.82, 2.24) is 0 Å². The van der Waals surface area contributed by atoms with Crippen LogP contribution in [0.4, 0.5) is 0 Å².